The van der Waals surface area contributed by atoms with Crippen molar-refractivity contribution in [2.45, 2.75) is 12.0 Å². The van der Waals surface area contributed by atoms with E-state index in [1.807, 2.05) is 30.3 Å². The van der Waals surface area contributed by atoms with Crippen molar-refractivity contribution in [3.05, 3.63) is 35.9 Å². The van der Waals surface area contributed by atoms with Crippen LogP contribution in [0, 0.1) is 0 Å². The van der Waals surface area contributed by atoms with Crippen molar-refractivity contribution in [3.63, 3.8) is 0 Å². The molecule has 0 aliphatic carbocycles. The van der Waals surface area contributed by atoms with Crippen LogP contribution < -0.4 is 11.1 Å². The summed E-state index contributed by atoms with van der Waals surface area (Å²) in [5, 5.41) is 32.7. The first kappa shape index (κ1) is 14.4. The third-order valence-corrected chi connectivity index (χ3v) is 2.61. The maximum absolute atomic E-state index is 9.21. The maximum Gasteiger partial charge on any atom is 0.147 e. The van der Waals surface area contributed by atoms with E-state index in [2.05, 4.69) is 10.5 Å². The number of rotatable bonds is 7. The van der Waals surface area contributed by atoms with Crippen LogP contribution in [0.15, 0.2) is 35.5 Å². The summed E-state index contributed by atoms with van der Waals surface area (Å²) in [6.07, 6.45) is -0.811. The van der Waals surface area contributed by atoms with Crippen LogP contribution in [-0.2, 0) is 0 Å². The molecule has 100 valence electrons. The normalized spacial score (nSPS) is 15.3. The molecule has 0 saturated carbocycles. The summed E-state index contributed by atoms with van der Waals surface area (Å²) in [7, 11) is 0. The lowest BCUT2D eigenvalue weighted by Crippen LogP contribution is -2.36. The lowest BCUT2D eigenvalue weighted by molar-refractivity contribution is 0.0945. The van der Waals surface area contributed by atoms with Gasteiger partial charge in [-0.05, 0) is 5.56 Å². The fraction of sp³-hybridized carbons (Fsp3) is 0.417. The predicted octanol–water partition coefficient (Wildman–Crippen LogP) is -0.541. The Hall–Kier alpha value is -1.63. The lowest BCUT2D eigenvalue weighted by atomic mass is 9.98. The number of oxime groups is 1. The Morgan fingerprint density at radius 3 is 2.50 bits per heavy atom. The van der Waals surface area contributed by atoms with Crippen LogP contribution >= 0.6 is 0 Å². The van der Waals surface area contributed by atoms with Crippen molar-refractivity contribution in [1.82, 2.24) is 5.32 Å². The SMILES string of the molecule is NC(=NO)C(CNCC(O)CO)c1ccccc1. The van der Waals surface area contributed by atoms with Gasteiger partial charge in [0, 0.05) is 13.1 Å². The van der Waals surface area contributed by atoms with Crippen molar-refractivity contribution < 1.29 is 15.4 Å². The van der Waals surface area contributed by atoms with Crippen LogP contribution in [0.25, 0.3) is 0 Å². The highest BCUT2D eigenvalue weighted by atomic mass is 16.4. The molecule has 0 saturated heterocycles. The number of aliphatic hydroxyl groups excluding tert-OH is 2. The van der Waals surface area contributed by atoms with E-state index in [-0.39, 0.29) is 24.9 Å². The van der Waals surface area contributed by atoms with Gasteiger partial charge in [0.05, 0.1) is 18.6 Å². The molecular weight excluding hydrogens is 234 g/mol. The molecule has 2 atom stereocenters. The highest BCUT2D eigenvalue weighted by Crippen LogP contribution is 2.14. The molecule has 0 aliphatic rings. The number of nitrogens with zero attached hydrogens (tertiary/aromatic N) is 1. The Morgan fingerprint density at radius 1 is 1.28 bits per heavy atom. The number of hydrogen-bond acceptors (Lipinski definition) is 5. The summed E-state index contributed by atoms with van der Waals surface area (Å²) in [4.78, 5) is 0. The molecule has 18 heavy (non-hydrogen) atoms. The monoisotopic (exact) mass is 253 g/mol. The molecule has 6 nitrogen and oxygen atoms in total. The van der Waals surface area contributed by atoms with E-state index < -0.39 is 6.10 Å². The highest BCUT2D eigenvalue weighted by molar-refractivity contribution is 5.87. The molecule has 0 spiro atoms. The van der Waals surface area contributed by atoms with E-state index in [9.17, 15) is 5.11 Å². The maximum atomic E-state index is 9.21. The van der Waals surface area contributed by atoms with E-state index in [1.165, 1.54) is 0 Å². The van der Waals surface area contributed by atoms with Crippen molar-refractivity contribution >= 4 is 5.84 Å². The Kier molecular flexibility index (Phi) is 6.13. The average molecular weight is 253 g/mol. The summed E-state index contributed by atoms with van der Waals surface area (Å²) in [6, 6.07) is 9.39. The first-order chi connectivity index (χ1) is 8.69. The smallest absolute Gasteiger partial charge is 0.147 e. The number of amidine groups is 1. The summed E-state index contributed by atoms with van der Waals surface area (Å²) in [6.45, 7) is 0.363. The molecule has 6 N–H and O–H groups in total. The Bertz CT molecular complexity index is 370. The number of nitrogens with two attached hydrogens (primary N) is 1. The molecular formula is C12H19N3O3. The second-order valence-electron chi connectivity index (χ2n) is 3.98. The van der Waals surface area contributed by atoms with Crippen LogP contribution in [0.2, 0.25) is 0 Å². The molecule has 1 aromatic rings. The minimum absolute atomic E-state index is 0.104. The van der Waals surface area contributed by atoms with Gasteiger partial charge in [-0.25, -0.2) is 0 Å². The van der Waals surface area contributed by atoms with Crippen molar-refractivity contribution in [3.8, 4) is 0 Å². The van der Waals surface area contributed by atoms with Gasteiger partial charge in [-0.1, -0.05) is 35.5 Å². The molecule has 2 unspecified atom stereocenters. The molecule has 1 aromatic carbocycles. The third-order valence-electron chi connectivity index (χ3n) is 2.61. The quantitative estimate of drug-likeness (QED) is 0.194. The number of benzene rings is 1. The molecule has 0 radical (unpaired) electrons. The summed E-state index contributed by atoms with van der Waals surface area (Å²) >= 11 is 0. The van der Waals surface area contributed by atoms with Crippen LogP contribution in [-0.4, -0.2) is 47.1 Å². The number of aliphatic hydroxyl groups is 2. The second-order valence-corrected chi connectivity index (χ2v) is 3.98. The number of nitrogens with one attached hydrogen (secondary N) is 1. The predicted molar refractivity (Wildman–Crippen MR) is 68.6 cm³/mol. The van der Waals surface area contributed by atoms with Gasteiger partial charge >= 0.3 is 0 Å². The molecule has 0 aliphatic heterocycles. The molecule has 0 bridgehead atoms. The van der Waals surface area contributed by atoms with Gasteiger partial charge < -0.3 is 26.5 Å². The summed E-state index contributed by atoms with van der Waals surface area (Å²) < 4.78 is 0. The van der Waals surface area contributed by atoms with Crippen molar-refractivity contribution in [2.75, 3.05) is 19.7 Å². The van der Waals surface area contributed by atoms with Crippen LogP contribution in [0.4, 0.5) is 0 Å². The van der Waals surface area contributed by atoms with Gasteiger partial charge in [0.1, 0.15) is 5.84 Å². The lowest BCUT2D eigenvalue weighted by Gasteiger charge is -2.17. The fourth-order valence-corrected chi connectivity index (χ4v) is 1.61. The minimum atomic E-state index is -0.811. The highest BCUT2D eigenvalue weighted by Gasteiger charge is 2.16. The standard InChI is InChI=1S/C12H19N3O3/c13-12(15-18)11(7-14-6-10(17)8-16)9-4-2-1-3-5-9/h1-5,10-11,14,16-18H,6-8H2,(H2,13,15). The number of hydrogen-bond donors (Lipinski definition) is 5. The van der Waals surface area contributed by atoms with E-state index in [4.69, 9.17) is 16.0 Å². The zero-order valence-electron chi connectivity index (χ0n) is 10.0. The minimum Gasteiger partial charge on any atom is -0.409 e. The summed E-state index contributed by atoms with van der Waals surface area (Å²) in [5.74, 6) is -0.172. The first-order valence-electron chi connectivity index (χ1n) is 5.71. The van der Waals surface area contributed by atoms with Gasteiger partial charge in [-0.15, -0.1) is 0 Å². The molecule has 0 aromatic heterocycles. The molecule has 0 fully saturated rings. The molecule has 0 amide bonds. The first-order valence-corrected chi connectivity index (χ1v) is 5.71. The van der Waals surface area contributed by atoms with Crippen LogP contribution in [0.1, 0.15) is 11.5 Å². The van der Waals surface area contributed by atoms with Gasteiger partial charge in [0.2, 0.25) is 0 Å². The van der Waals surface area contributed by atoms with Crippen LogP contribution in [0.5, 0.6) is 0 Å². The van der Waals surface area contributed by atoms with Crippen molar-refractivity contribution in [1.29, 1.82) is 0 Å². The zero-order chi connectivity index (χ0) is 13.4. The largest absolute Gasteiger partial charge is 0.409 e. The fourth-order valence-electron chi connectivity index (χ4n) is 1.61. The van der Waals surface area contributed by atoms with Gasteiger partial charge in [-0.3, -0.25) is 0 Å². The third kappa shape index (κ3) is 4.33. The van der Waals surface area contributed by atoms with Gasteiger partial charge in [-0.2, -0.15) is 0 Å². The van der Waals surface area contributed by atoms with E-state index >= 15 is 0 Å². The Morgan fingerprint density at radius 2 is 1.94 bits per heavy atom. The molecule has 6 heteroatoms. The molecule has 1 rings (SSSR count). The van der Waals surface area contributed by atoms with Crippen molar-refractivity contribution in [2.24, 2.45) is 10.9 Å². The van der Waals surface area contributed by atoms with Crippen LogP contribution in [0.3, 0.4) is 0 Å². The van der Waals surface area contributed by atoms with E-state index in [1.54, 1.807) is 0 Å². The average Bonchev–Trinajstić information content (AvgIpc) is 2.43. The summed E-state index contributed by atoms with van der Waals surface area (Å²) in [5.41, 5.74) is 6.56. The van der Waals surface area contributed by atoms with Gasteiger partial charge in [0.15, 0.2) is 0 Å². The second kappa shape index (κ2) is 7.65. The van der Waals surface area contributed by atoms with E-state index in [0.29, 0.717) is 6.54 Å². The topological polar surface area (TPSA) is 111 Å². The Labute approximate surface area is 106 Å². The molecule has 0 heterocycles. The Balaban J connectivity index is 2.63. The van der Waals surface area contributed by atoms with E-state index in [0.717, 1.165) is 5.56 Å². The zero-order valence-corrected chi connectivity index (χ0v) is 10.0. The van der Waals surface area contributed by atoms with Gasteiger partial charge in [0.25, 0.3) is 0 Å².